The molecule has 0 radical (unpaired) electrons. The number of hydrogen-bond acceptors (Lipinski definition) is 3. The molecule has 2 aromatic rings. The van der Waals surface area contributed by atoms with Crippen molar-refractivity contribution in [3.63, 3.8) is 0 Å². The largest absolute Gasteiger partial charge is 0.381 e. The quantitative estimate of drug-likeness (QED) is 0.948. The van der Waals surface area contributed by atoms with Crippen molar-refractivity contribution in [1.29, 1.82) is 0 Å². The molecule has 0 unspecified atom stereocenters. The summed E-state index contributed by atoms with van der Waals surface area (Å²) < 4.78 is 5.37. The molecule has 1 aliphatic heterocycles. The van der Waals surface area contributed by atoms with E-state index in [4.69, 9.17) is 4.74 Å². The molecule has 3 rings (SSSR count). The third-order valence-electron chi connectivity index (χ3n) is 4.61. The number of nitrogens with zero attached hydrogens (tertiary/aromatic N) is 2. The Balaban J connectivity index is 1.77. The SMILES string of the molecule is Cc1n[nH]c(C)c1-c1ccc(C(=O)N(C)C2CCOCC2)cc1. The Hall–Kier alpha value is -2.14. The molecule has 2 heterocycles. The molecule has 1 aromatic carbocycles. The molecule has 0 saturated carbocycles. The van der Waals surface area contributed by atoms with Gasteiger partial charge >= 0.3 is 0 Å². The van der Waals surface area contributed by atoms with Gasteiger partial charge in [-0.2, -0.15) is 5.10 Å². The zero-order valence-corrected chi connectivity index (χ0v) is 13.9. The van der Waals surface area contributed by atoms with Crippen molar-refractivity contribution in [2.24, 2.45) is 0 Å². The highest BCUT2D eigenvalue weighted by Gasteiger charge is 2.23. The topological polar surface area (TPSA) is 58.2 Å². The second-order valence-electron chi connectivity index (χ2n) is 6.15. The summed E-state index contributed by atoms with van der Waals surface area (Å²) in [4.78, 5) is 14.5. The molecule has 122 valence electrons. The van der Waals surface area contributed by atoms with E-state index in [0.29, 0.717) is 0 Å². The normalized spacial score (nSPS) is 15.6. The van der Waals surface area contributed by atoms with Gasteiger partial charge in [0.1, 0.15) is 0 Å². The molecule has 0 atom stereocenters. The molecule has 0 spiro atoms. The average Bonchev–Trinajstić information content (AvgIpc) is 2.93. The highest BCUT2D eigenvalue weighted by Crippen LogP contribution is 2.26. The zero-order valence-electron chi connectivity index (χ0n) is 13.9. The molecule has 1 amide bonds. The van der Waals surface area contributed by atoms with Crippen molar-refractivity contribution in [1.82, 2.24) is 15.1 Å². The third kappa shape index (κ3) is 3.15. The Labute approximate surface area is 136 Å². The molecule has 0 bridgehead atoms. The van der Waals surface area contributed by atoms with E-state index in [1.54, 1.807) is 0 Å². The number of ether oxygens (including phenoxy) is 1. The van der Waals surface area contributed by atoms with Gasteiger partial charge in [0, 0.05) is 43.1 Å². The van der Waals surface area contributed by atoms with Gasteiger partial charge in [0.25, 0.3) is 5.91 Å². The first kappa shape index (κ1) is 15.7. The molecular formula is C18H23N3O2. The van der Waals surface area contributed by atoms with Crippen molar-refractivity contribution in [2.45, 2.75) is 32.7 Å². The van der Waals surface area contributed by atoms with Crippen LogP contribution in [-0.2, 0) is 4.74 Å². The van der Waals surface area contributed by atoms with Gasteiger partial charge in [0.15, 0.2) is 0 Å². The first-order chi connectivity index (χ1) is 11.1. The second kappa shape index (κ2) is 6.54. The van der Waals surface area contributed by atoms with Crippen LogP contribution in [-0.4, -0.2) is 47.3 Å². The molecule has 1 aromatic heterocycles. The number of benzene rings is 1. The van der Waals surface area contributed by atoms with Gasteiger partial charge in [-0.3, -0.25) is 9.89 Å². The number of hydrogen-bond donors (Lipinski definition) is 1. The molecule has 5 heteroatoms. The average molecular weight is 313 g/mol. The lowest BCUT2D eigenvalue weighted by Crippen LogP contribution is -2.40. The summed E-state index contributed by atoms with van der Waals surface area (Å²) in [6.45, 7) is 5.46. The summed E-state index contributed by atoms with van der Waals surface area (Å²) >= 11 is 0. The van der Waals surface area contributed by atoms with Gasteiger partial charge in [-0.05, 0) is 44.4 Å². The van der Waals surface area contributed by atoms with E-state index in [1.807, 2.05) is 50.1 Å². The van der Waals surface area contributed by atoms with E-state index >= 15 is 0 Å². The van der Waals surface area contributed by atoms with Crippen LogP contribution >= 0.6 is 0 Å². The van der Waals surface area contributed by atoms with Crippen molar-refractivity contribution < 1.29 is 9.53 Å². The van der Waals surface area contributed by atoms with Crippen LogP contribution in [0.15, 0.2) is 24.3 Å². The van der Waals surface area contributed by atoms with Gasteiger partial charge in [-0.25, -0.2) is 0 Å². The summed E-state index contributed by atoms with van der Waals surface area (Å²) in [5.41, 5.74) is 4.93. The van der Waals surface area contributed by atoms with Crippen molar-refractivity contribution in [3.8, 4) is 11.1 Å². The first-order valence-corrected chi connectivity index (χ1v) is 8.05. The fraction of sp³-hybridized carbons (Fsp3) is 0.444. The molecule has 1 N–H and O–H groups in total. The Bertz CT molecular complexity index is 665. The second-order valence-corrected chi connectivity index (χ2v) is 6.15. The minimum atomic E-state index is 0.0732. The molecule has 0 aliphatic carbocycles. The van der Waals surface area contributed by atoms with Crippen LogP contribution < -0.4 is 0 Å². The summed E-state index contributed by atoms with van der Waals surface area (Å²) in [7, 11) is 1.89. The van der Waals surface area contributed by atoms with Crippen LogP contribution in [0.3, 0.4) is 0 Å². The van der Waals surface area contributed by atoms with E-state index in [0.717, 1.165) is 54.1 Å². The number of nitrogens with one attached hydrogen (secondary N) is 1. The first-order valence-electron chi connectivity index (χ1n) is 8.05. The predicted molar refractivity (Wildman–Crippen MR) is 89.4 cm³/mol. The zero-order chi connectivity index (χ0) is 16.4. The Morgan fingerprint density at radius 3 is 2.43 bits per heavy atom. The number of rotatable bonds is 3. The van der Waals surface area contributed by atoms with E-state index in [2.05, 4.69) is 10.2 Å². The van der Waals surface area contributed by atoms with Crippen molar-refractivity contribution in [3.05, 3.63) is 41.2 Å². The lowest BCUT2D eigenvalue weighted by molar-refractivity contribution is 0.0362. The lowest BCUT2D eigenvalue weighted by atomic mass is 10.0. The maximum absolute atomic E-state index is 12.6. The molecule has 23 heavy (non-hydrogen) atoms. The van der Waals surface area contributed by atoms with Gasteiger partial charge in [0.2, 0.25) is 0 Å². The van der Waals surface area contributed by atoms with Gasteiger partial charge < -0.3 is 9.64 Å². The molecule has 5 nitrogen and oxygen atoms in total. The fourth-order valence-corrected chi connectivity index (χ4v) is 3.20. The van der Waals surface area contributed by atoms with Crippen LogP contribution in [0.1, 0.15) is 34.6 Å². The molecule has 1 aliphatic rings. The van der Waals surface area contributed by atoms with E-state index in [1.165, 1.54) is 0 Å². The number of carbonyl (C=O) groups excluding carboxylic acids is 1. The molecular weight excluding hydrogens is 290 g/mol. The maximum atomic E-state index is 12.6. The van der Waals surface area contributed by atoms with Crippen LogP contribution in [0, 0.1) is 13.8 Å². The number of H-pyrrole nitrogens is 1. The summed E-state index contributed by atoms with van der Waals surface area (Å²) in [6, 6.07) is 8.07. The standard InChI is InChI=1S/C18H23N3O2/c1-12-17(13(2)20-19-12)14-4-6-15(7-5-14)18(22)21(3)16-8-10-23-11-9-16/h4-7,16H,8-11H2,1-3H3,(H,19,20). The lowest BCUT2D eigenvalue weighted by Gasteiger charge is -2.31. The van der Waals surface area contributed by atoms with Gasteiger partial charge in [-0.1, -0.05) is 12.1 Å². The summed E-state index contributed by atoms with van der Waals surface area (Å²) in [6.07, 6.45) is 1.82. The van der Waals surface area contributed by atoms with E-state index < -0.39 is 0 Å². The predicted octanol–water partition coefficient (Wildman–Crippen LogP) is 2.94. The Morgan fingerprint density at radius 2 is 1.87 bits per heavy atom. The van der Waals surface area contributed by atoms with Crippen molar-refractivity contribution >= 4 is 5.91 Å². The van der Waals surface area contributed by atoms with Crippen molar-refractivity contribution in [2.75, 3.05) is 20.3 Å². The Morgan fingerprint density at radius 1 is 1.22 bits per heavy atom. The summed E-state index contributed by atoms with van der Waals surface area (Å²) in [5.74, 6) is 0.0732. The van der Waals surface area contributed by atoms with Crippen LogP contribution in [0.2, 0.25) is 0 Å². The smallest absolute Gasteiger partial charge is 0.253 e. The Kier molecular flexibility index (Phi) is 4.48. The van der Waals surface area contributed by atoms with Crippen LogP contribution in [0.25, 0.3) is 11.1 Å². The highest BCUT2D eigenvalue weighted by atomic mass is 16.5. The minimum absolute atomic E-state index is 0.0732. The van der Waals surface area contributed by atoms with Gasteiger partial charge in [-0.15, -0.1) is 0 Å². The minimum Gasteiger partial charge on any atom is -0.381 e. The number of aromatic amines is 1. The summed E-state index contributed by atoms with van der Waals surface area (Å²) in [5, 5.41) is 7.22. The number of amides is 1. The van der Waals surface area contributed by atoms with E-state index in [9.17, 15) is 4.79 Å². The van der Waals surface area contributed by atoms with Crippen LogP contribution in [0.5, 0.6) is 0 Å². The number of aryl methyl sites for hydroxylation is 2. The highest BCUT2D eigenvalue weighted by molar-refractivity contribution is 5.94. The number of aromatic nitrogens is 2. The van der Waals surface area contributed by atoms with Crippen LogP contribution in [0.4, 0.5) is 0 Å². The number of carbonyl (C=O) groups is 1. The fourth-order valence-electron chi connectivity index (χ4n) is 3.20. The van der Waals surface area contributed by atoms with E-state index in [-0.39, 0.29) is 11.9 Å². The molecule has 1 saturated heterocycles. The monoisotopic (exact) mass is 313 g/mol. The molecule has 1 fully saturated rings. The third-order valence-corrected chi connectivity index (χ3v) is 4.61. The van der Waals surface area contributed by atoms with Gasteiger partial charge in [0.05, 0.1) is 5.69 Å². The maximum Gasteiger partial charge on any atom is 0.253 e.